The average Bonchev–Trinajstić information content (AvgIpc) is 2.61. The van der Waals surface area contributed by atoms with Gasteiger partial charge < -0.3 is 9.84 Å². The van der Waals surface area contributed by atoms with Crippen molar-refractivity contribution in [1.82, 2.24) is 4.98 Å². The van der Waals surface area contributed by atoms with Crippen molar-refractivity contribution in [3.05, 3.63) is 11.1 Å². The molecule has 0 saturated carbocycles. The maximum Gasteiger partial charge on any atom is 0.309 e. The molecule has 0 aliphatic carbocycles. The van der Waals surface area contributed by atoms with Gasteiger partial charge in [0, 0.05) is 5.38 Å². The van der Waals surface area contributed by atoms with Gasteiger partial charge in [-0.2, -0.15) is 0 Å². The summed E-state index contributed by atoms with van der Waals surface area (Å²) in [6.45, 7) is 3.63. The molecule has 7 heteroatoms. The van der Waals surface area contributed by atoms with E-state index in [1.54, 1.807) is 5.38 Å². The van der Waals surface area contributed by atoms with E-state index in [-0.39, 0.29) is 25.0 Å². The second kappa shape index (κ2) is 6.31. The van der Waals surface area contributed by atoms with Crippen molar-refractivity contribution in [2.75, 3.05) is 11.9 Å². The van der Waals surface area contributed by atoms with Crippen LogP contribution in [0, 0.1) is 0 Å². The van der Waals surface area contributed by atoms with E-state index in [0.717, 1.165) is 0 Å². The van der Waals surface area contributed by atoms with Crippen LogP contribution < -0.4 is 5.32 Å². The molecule has 2 N–H and O–H groups in total. The topological polar surface area (TPSA) is 88.5 Å². The molecule has 0 aliphatic heterocycles. The molecule has 1 aromatic rings. The first kappa shape index (κ1) is 13.6. The Bertz CT molecular complexity index is 403. The van der Waals surface area contributed by atoms with E-state index in [9.17, 15) is 9.59 Å². The van der Waals surface area contributed by atoms with Gasteiger partial charge in [0.1, 0.15) is 6.61 Å². The van der Waals surface area contributed by atoms with Crippen LogP contribution in [0.15, 0.2) is 5.38 Å². The summed E-state index contributed by atoms with van der Waals surface area (Å²) in [5.74, 6) is -1.24. The van der Waals surface area contributed by atoms with Gasteiger partial charge in [0.05, 0.1) is 18.2 Å². The quantitative estimate of drug-likeness (QED) is 0.798. The van der Waals surface area contributed by atoms with Gasteiger partial charge in [-0.25, -0.2) is 4.98 Å². The molecule has 1 amide bonds. The highest BCUT2D eigenvalue weighted by atomic mass is 32.1. The summed E-state index contributed by atoms with van der Waals surface area (Å²) in [7, 11) is 0. The molecule has 0 aliphatic rings. The van der Waals surface area contributed by atoms with Crippen LogP contribution in [0.4, 0.5) is 5.13 Å². The molecular weight excluding hydrogens is 244 g/mol. The van der Waals surface area contributed by atoms with Crippen LogP contribution in [0.25, 0.3) is 0 Å². The lowest BCUT2D eigenvalue weighted by atomic mass is 10.3. The number of aromatic nitrogens is 1. The molecule has 0 aromatic carbocycles. The van der Waals surface area contributed by atoms with E-state index in [0.29, 0.717) is 10.8 Å². The summed E-state index contributed by atoms with van der Waals surface area (Å²) in [6.07, 6.45) is -0.158. The number of anilines is 1. The van der Waals surface area contributed by atoms with Gasteiger partial charge in [-0.1, -0.05) is 0 Å². The molecule has 1 aromatic heterocycles. The predicted molar refractivity (Wildman–Crippen MR) is 63.2 cm³/mol. The minimum absolute atomic E-state index is 0.0142. The molecule has 0 spiro atoms. The Kier molecular flexibility index (Phi) is 5.05. The van der Waals surface area contributed by atoms with E-state index in [1.165, 1.54) is 11.3 Å². The molecule has 0 fully saturated rings. The van der Waals surface area contributed by atoms with Gasteiger partial charge in [-0.05, 0) is 13.8 Å². The number of nitrogens with zero attached hydrogens (tertiary/aromatic N) is 1. The number of carboxylic acid groups (broad SMARTS) is 1. The molecular formula is C10H14N2O4S. The Morgan fingerprint density at radius 2 is 2.29 bits per heavy atom. The summed E-state index contributed by atoms with van der Waals surface area (Å²) < 4.78 is 5.12. The molecule has 1 rings (SSSR count). The monoisotopic (exact) mass is 258 g/mol. The fourth-order valence-electron chi connectivity index (χ4n) is 0.998. The number of carboxylic acids is 1. The summed E-state index contributed by atoms with van der Waals surface area (Å²) in [5, 5.41) is 13.1. The summed E-state index contributed by atoms with van der Waals surface area (Å²) in [5.41, 5.74) is 0.433. The largest absolute Gasteiger partial charge is 0.481 e. The Morgan fingerprint density at radius 3 is 2.88 bits per heavy atom. The van der Waals surface area contributed by atoms with Gasteiger partial charge in [0.15, 0.2) is 5.13 Å². The average molecular weight is 258 g/mol. The van der Waals surface area contributed by atoms with Crippen LogP contribution in [0.5, 0.6) is 0 Å². The molecule has 17 heavy (non-hydrogen) atoms. The maximum atomic E-state index is 11.4. The number of carbonyl (C=O) groups is 2. The number of hydrogen-bond donors (Lipinski definition) is 2. The van der Waals surface area contributed by atoms with Gasteiger partial charge in [-0.3, -0.25) is 14.9 Å². The minimum Gasteiger partial charge on any atom is -0.481 e. The van der Waals surface area contributed by atoms with E-state index in [1.807, 2.05) is 13.8 Å². The highest BCUT2D eigenvalue weighted by Gasteiger charge is 2.09. The number of ether oxygens (including phenoxy) is 1. The van der Waals surface area contributed by atoms with Crippen LogP contribution in [-0.4, -0.2) is 34.7 Å². The number of rotatable bonds is 6. The van der Waals surface area contributed by atoms with Crippen LogP contribution in [0.2, 0.25) is 0 Å². The zero-order chi connectivity index (χ0) is 12.8. The van der Waals surface area contributed by atoms with E-state index in [2.05, 4.69) is 10.3 Å². The molecule has 0 radical (unpaired) electrons. The van der Waals surface area contributed by atoms with E-state index in [4.69, 9.17) is 9.84 Å². The number of hydrogen-bond acceptors (Lipinski definition) is 5. The summed E-state index contributed by atoms with van der Waals surface area (Å²) >= 11 is 1.19. The Balaban J connectivity index is 2.43. The van der Waals surface area contributed by atoms with Crippen LogP contribution in [0.3, 0.4) is 0 Å². The minimum atomic E-state index is -0.948. The fraction of sp³-hybridized carbons (Fsp3) is 0.500. The zero-order valence-electron chi connectivity index (χ0n) is 9.60. The molecule has 94 valence electrons. The first-order valence-corrected chi connectivity index (χ1v) is 5.93. The third-order valence-corrected chi connectivity index (χ3v) is 2.48. The normalized spacial score (nSPS) is 10.5. The molecule has 0 saturated heterocycles. The summed E-state index contributed by atoms with van der Waals surface area (Å²) in [4.78, 5) is 25.8. The lowest BCUT2D eigenvalue weighted by Gasteiger charge is -2.06. The first-order valence-electron chi connectivity index (χ1n) is 5.05. The zero-order valence-corrected chi connectivity index (χ0v) is 10.4. The van der Waals surface area contributed by atoms with Crippen LogP contribution >= 0.6 is 11.3 Å². The van der Waals surface area contributed by atoms with Crippen molar-refractivity contribution in [2.45, 2.75) is 26.4 Å². The lowest BCUT2D eigenvalue weighted by molar-refractivity contribution is -0.136. The third kappa shape index (κ3) is 5.41. The van der Waals surface area contributed by atoms with Crippen molar-refractivity contribution in [3.8, 4) is 0 Å². The Morgan fingerprint density at radius 1 is 1.59 bits per heavy atom. The highest BCUT2D eigenvalue weighted by molar-refractivity contribution is 7.13. The molecule has 0 bridgehead atoms. The third-order valence-electron chi connectivity index (χ3n) is 1.68. The van der Waals surface area contributed by atoms with Crippen molar-refractivity contribution >= 4 is 28.3 Å². The number of nitrogens with one attached hydrogen (secondary N) is 1. The van der Waals surface area contributed by atoms with Crippen molar-refractivity contribution in [3.63, 3.8) is 0 Å². The van der Waals surface area contributed by atoms with Gasteiger partial charge in [-0.15, -0.1) is 11.3 Å². The lowest BCUT2D eigenvalue weighted by Crippen LogP contribution is -2.20. The van der Waals surface area contributed by atoms with E-state index >= 15 is 0 Å². The maximum absolute atomic E-state index is 11.4. The predicted octanol–water partition coefficient (Wildman–Crippen LogP) is 1.13. The summed E-state index contributed by atoms with van der Waals surface area (Å²) in [6, 6.07) is 0. The van der Waals surface area contributed by atoms with Gasteiger partial charge >= 0.3 is 5.97 Å². The second-order valence-electron chi connectivity index (χ2n) is 3.62. The number of thiazole rings is 1. The SMILES string of the molecule is CC(C)OCC(=O)Nc1nc(CC(=O)O)cs1. The van der Waals surface area contributed by atoms with Gasteiger partial charge in [0.2, 0.25) is 0 Å². The van der Waals surface area contributed by atoms with Crippen molar-refractivity contribution in [1.29, 1.82) is 0 Å². The van der Waals surface area contributed by atoms with Gasteiger partial charge in [0.25, 0.3) is 5.91 Å². The number of amides is 1. The second-order valence-corrected chi connectivity index (χ2v) is 4.48. The molecule has 0 atom stereocenters. The van der Waals surface area contributed by atoms with Crippen molar-refractivity contribution in [2.24, 2.45) is 0 Å². The Labute approximate surface area is 103 Å². The van der Waals surface area contributed by atoms with Crippen molar-refractivity contribution < 1.29 is 19.4 Å². The van der Waals surface area contributed by atoms with Crippen LogP contribution in [0.1, 0.15) is 19.5 Å². The first-order chi connectivity index (χ1) is 7.97. The van der Waals surface area contributed by atoms with Crippen LogP contribution in [-0.2, 0) is 20.7 Å². The molecule has 0 unspecified atom stereocenters. The van der Waals surface area contributed by atoms with E-state index < -0.39 is 5.97 Å². The smallest absolute Gasteiger partial charge is 0.309 e. The molecule has 6 nitrogen and oxygen atoms in total. The Hall–Kier alpha value is -1.47. The standard InChI is InChI=1S/C10H14N2O4S/c1-6(2)16-4-8(13)12-10-11-7(5-17-10)3-9(14)15/h5-6H,3-4H2,1-2H3,(H,14,15)(H,11,12,13). The number of carbonyl (C=O) groups excluding carboxylic acids is 1. The highest BCUT2D eigenvalue weighted by Crippen LogP contribution is 2.15. The fourth-order valence-corrected chi connectivity index (χ4v) is 1.72. The number of aliphatic carboxylic acids is 1. The molecule has 1 heterocycles.